The Hall–Kier alpha value is -0.870. The van der Waals surface area contributed by atoms with E-state index < -0.39 is 0 Å². The molecule has 1 amide bonds. The second kappa shape index (κ2) is 4.99. The molecule has 1 aromatic rings. The van der Waals surface area contributed by atoms with E-state index in [1.54, 1.807) is 6.07 Å². The molecule has 0 spiro atoms. The molecule has 1 N–H and O–H groups in total. The van der Waals surface area contributed by atoms with Crippen LogP contribution in [0.1, 0.15) is 6.42 Å². The van der Waals surface area contributed by atoms with Crippen molar-refractivity contribution >= 4 is 34.9 Å². The number of rotatable bonds is 3. The molecule has 0 radical (unpaired) electrons. The first kappa shape index (κ1) is 10.2. The molecule has 0 aromatic carbocycles. The molecule has 0 saturated carbocycles. The van der Waals surface area contributed by atoms with E-state index in [1.807, 2.05) is 0 Å². The lowest BCUT2D eigenvalue weighted by Gasteiger charge is -2.01. The number of anilines is 1. The van der Waals surface area contributed by atoms with Crippen molar-refractivity contribution < 1.29 is 4.79 Å². The molecule has 1 aromatic heterocycles. The quantitative estimate of drug-likeness (QED) is 0.622. The largest absolute Gasteiger partial charge is 0.311 e. The van der Waals surface area contributed by atoms with Crippen molar-refractivity contribution in [2.75, 3.05) is 11.2 Å². The molecule has 1 heterocycles. The van der Waals surface area contributed by atoms with Gasteiger partial charge in [-0.3, -0.25) is 4.79 Å². The van der Waals surface area contributed by atoms with E-state index in [0.717, 1.165) is 0 Å². The summed E-state index contributed by atoms with van der Waals surface area (Å²) >= 11 is 10.9. The zero-order valence-corrected chi connectivity index (χ0v) is 8.14. The maximum absolute atomic E-state index is 11.0. The summed E-state index contributed by atoms with van der Waals surface area (Å²) in [6.07, 6.45) is 1.72. The van der Waals surface area contributed by atoms with E-state index >= 15 is 0 Å². The Morgan fingerprint density at radius 3 is 3.00 bits per heavy atom. The van der Waals surface area contributed by atoms with Crippen LogP contribution in [-0.2, 0) is 4.79 Å². The Morgan fingerprint density at radius 1 is 1.62 bits per heavy atom. The number of amides is 1. The van der Waals surface area contributed by atoms with Crippen molar-refractivity contribution in [3.63, 3.8) is 0 Å². The highest BCUT2D eigenvalue weighted by molar-refractivity contribution is 6.28. The summed E-state index contributed by atoms with van der Waals surface area (Å²) in [6, 6.07) is 1.55. The van der Waals surface area contributed by atoms with Crippen LogP contribution in [0.3, 0.4) is 0 Å². The zero-order chi connectivity index (χ0) is 9.68. The number of carbonyl (C=O) groups is 1. The number of carbonyl (C=O) groups excluding carboxylic acids is 1. The van der Waals surface area contributed by atoms with Gasteiger partial charge in [0.2, 0.25) is 11.2 Å². The van der Waals surface area contributed by atoms with Crippen molar-refractivity contribution in [2.45, 2.75) is 6.42 Å². The van der Waals surface area contributed by atoms with Crippen LogP contribution in [0.25, 0.3) is 0 Å². The van der Waals surface area contributed by atoms with Gasteiger partial charge in [-0.25, -0.2) is 9.97 Å². The number of halogens is 2. The molecule has 0 fully saturated rings. The minimum Gasteiger partial charge on any atom is -0.311 e. The van der Waals surface area contributed by atoms with Gasteiger partial charge in [0.25, 0.3) is 0 Å². The lowest BCUT2D eigenvalue weighted by molar-refractivity contribution is -0.115. The number of hydrogen-bond acceptors (Lipinski definition) is 3. The van der Waals surface area contributed by atoms with Crippen LogP contribution in [0.5, 0.6) is 0 Å². The molecule has 0 saturated heterocycles. The van der Waals surface area contributed by atoms with Crippen molar-refractivity contribution in [1.29, 1.82) is 0 Å². The molecular formula is C7H7Cl2N3O. The Labute approximate surface area is 85.3 Å². The number of hydrogen-bond donors (Lipinski definition) is 1. The van der Waals surface area contributed by atoms with Gasteiger partial charge in [0.15, 0.2) is 0 Å². The van der Waals surface area contributed by atoms with E-state index in [2.05, 4.69) is 15.3 Å². The van der Waals surface area contributed by atoms with E-state index in [1.165, 1.54) is 6.20 Å². The zero-order valence-electron chi connectivity index (χ0n) is 6.63. The van der Waals surface area contributed by atoms with Gasteiger partial charge in [-0.05, 0) is 17.7 Å². The number of nitrogens with zero attached hydrogens (tertiary/aromatic N) is 2. The average molecular weight is 220 g/mol. The molecule has 0 atom stereocenters. The lowest BCUT2D eigenvalue weighted by atomic mass is 10.4. The third-order valence-electron chi connectivity index (χ3n) is 1.22. The molecule has 0 aliphatic carbocycles. The molecule has 0 unspecified atom stereocenters. The molecule has 1 rings (SSSR count). The van der Waals surface area contributed by atoms with Gasteiger partial charge in [0.05, 0.1) is 0 Å². The Kier molecular flexibility index (Phi) is 3.92. The predicted molar refractivity (Wildman–Crippen MR) is 51.0 cm³/mol. The molecule has 4 nitrogen and oxygen atoms in total. The molecule has 13 heavy (non-hydrogen) atoms. The third kappa shape index (κ3) is 3.57. The predicted octanol–water partition coefficient (Wildman–Crippen LogP) is 1.70. The summed E-state index contributed by atoms with van der Waals surface area (Å²) in [4.78, 5) is 18.5. The van der Waals surface area contributed by atoms with Crippen LogP contribution in [0.15, 0.2) is 12.3 Å². The first-order valence-electron chi connectivity index (χ1n) is 3.56. The number of aromatic nitrogens is 2. The normalized spacial score (nSPS) is 9.69. The topological polar surface area (TPSA) is 54.9 Å². The van der Waals surface area contributed by atoms with Crippen LogP contribution in [0, 0.1) is 0 Å². The van der Waals surface area contributed by atoms with Crippen molar-refractivity contribution in [2.24, 2.45) is 0 Å². The molecule has 0 bridgehead atoms. The minimum atomic E-state index is -0.190. The average Bonchev–Trinajstić information content (AvgIpc) is 2.04. The fourth-order valence-electron chi connectivity index (χ4n) is 0.696. The Balaban J connectivity index is 2.58. The van der Waals surface area contributed by atoms with Crippen molar-refractivity contribution in [1.82, 2.24) is 9.97 Å². The second-order valence-electron chi connectivity index (χ2n) is 2.20. The van der Waals surface area contributed by atoms with Crippen LogP contribution < -0.4 is 5.32 Å². The summed E-state index contributed by atoms with van der Waals surface area (Å²) in [5.74, 6) is 0.477. The third-order valence-corrected chi connectivity index (χ3v) is 1.59. The highest BCUT2D eigenvalue weighted by Gasteiger charge is 2.02. The number of nitrogens with one attached hydrogen (secondary N) is 1. The van der Waals surface area contributed by atoms with Gasteiger partial charge in [-0.2, -0.15) is 0 Å². The van der Waals surface area contributed by atoms with Crippen molar-refractivity contribution in [3.05, 3.63) is 17.5 Å². The van der Waals surface area contributed by atoms with Gasteiger partial charge in [-0.15, -0.1) is 11.6 Å². The second-order valence-corrected chi connectivity index (χ2v) is 2.91. The highest BCUT2D eigenvalue weighted by atomic mass is 35.5. The molecular weight excluding hydrogens is 213 g/mol. The Morgan fingerprint density at radius 2 is 2.38 bits per heavy atom. The standard InChI is InChI=1S/C7H7Cl2N3O/c8-3-1-6(13)11-5-2-4-10-7(9)12-5/h2,4H,1,3H2,(H,10,11,12,13). The summed E-state index contributed by atoms with van der Waals surface area (Å²) in [5, 5.41) is 2.63. The van der Waals surface area contributed by atoms with E-state index in [4.69, 9.17) is 23.2 Å². The van der Waals surface area contributed by atoms with Gasteiger partial charge in [0, 0.05) is 18.5 Å². The van der Waals surface area contributed by atoms with Crippen molar-refractivity contribution in [3.8, 4) is 0 Å². The number of alkyl halides is 1. The fraction of sp³-hybridized carbons (Fsp3) is 0.286. The highest BCUT2D eigenvalue weighted by Crippen LogP contribution is 2.05. The first-order chi connectivity index (χ1) is 6.22. The monoisotopic (exact) mass is 219 g/mol. The SMILES string of the molecule is O=C(CCCl)Nc1ccnc(Cl)n1. The van der Waals surface area contributed by atoms with Crippen LogP contribution >= 0.6 is 23.2 Å². The van der Waals surface area contributed by atoms with Gasteiger partial charge in [0.1, 0.15) is 5.82 Å². The molecule has 6 heteroatoms. The molecule has 0 aliphatic rings. The Bertz CT molecular complexity index is 306. The summed E-state index contributed by atoms with van der Waals surface area (Å²) in [6.45, 7) is 0. The smallest absolute Gasteiger partial charge is 0.226 e. The molecule has 70 valence electrons. The van der Waals surface area contributed by atoms with E-state index in [0.29, 0.717) is 5.82 Å². The molecule has 0 aliphatic heterocycles. The lowest BCUT2D eigenvalue weighted by Crippen LogP contribution is -2.12. The minimum absolute atomic E-state index is 0.101. The summed E-state index contributed by atoms with van der Waals surface area (Å²) < 4.78 is 0. The van der Waals surface area contributed by atoms with Crippen LogP contribution in [-0.4, -0.2) is 21.8 Å². The van der Waals surface area contributed by atoms with Crippen LogP contribution in [0.4, 0.5) is 5.82 Å². The van der Waals surface area contributed by atoms with E-state index in [9.17, 15) is 4.79 Å². The van der Waals surface area contributed by atoms with Crippen LogP contribution in [0.2, 0.25) is 5.28 Å². The van der Waals surface area contributed by atoms with E-state index in [-0.39, 0.29) is 23.5 Å². The maximum Gasteiger partial charge on any atom is 0.226 e. The van der Waals surface area contributed by atoms with Gasteiger partial charge >= 0.3 is 0 Å². The summed E-state index contributed by atoms with van der Waals surface area (Å²) in [7, 11) is 0. The van der Waals surface area contributed by atoms with Gasteiger partial charge in [-0.1, -0.05) is 0 Å². The first-order valence-corrected chi connectivity index (χ1v) is 4.48. The fourth-order valence-corrected chi connectivity index (χ4v) is 1.01. The summed E-state index contributed by atoms with van der Waals surface area (Å²) in [5.41, 5.74) is 0. The maximum atomic E-state index is 11.0. The van der Waals surface area contributed by atoms with Gasteiger partial charge < -0.3 is 5.32 Å².